The average molecular weight is 273 g/mol. The van der Waals surface area contributed by atoms with Crippen molar-refractivity contribution in [3.05, 3.63) is 65.0 Å². The van der Waals surface area contributed by atoms with E-state index in [0.29, 0.717) is 12.3 Å². The molecule has 2 aromatic rings. The molecule has 2 rings (SSSR count). The number of methoxy groups -OCH3 is 1. The van der Waals surface area contributed by atoms with Gasteiger partial charge < -0.3 is 10.1 Å². The molecule has 0 saturated heterocycles. The van der Waals surface area contributed by atoms with Crippen molar-refractivity contribution in [3.8, 4) is 5.75 Å². The van der Waals surface area contributed by atoms with Gasteiger partial charge in [-0.3, -0.25) is 4.79 Å². The molecule has 0 aromatic heterocycles. The maximum Gasteiger partial charge on any atom is 0.255 e. The summed E-state index contributed by atoms with van der Waals surface area (Å²) >= 11 is 0. The third kappa shape index (κ3) is 3.15. The summed E-state index contributed by atoms with van der Waals surface area (Å²) in [6.07, 6.45) is 0. The predicted molar refractivity (Wildman–Crippen MR) is 75.3 cm³/mol. The number of carbonyl (C=O) groups is 1. The van der Waals surface area contributed by atoms with Crippen LogP contribution in [0.3, 0.4) is 0 Å². The van der Waals surface area contributed by atoms with E-state index in [4.69, 9.17) is 4.74 Å². The van der Waals surface area contributed by atoms with E-state index in [1.807, 2.05) is 31.2 Å². The van der Waals surface area contributed by atoms with Crippen LogP contribution in [-0.4, -0.2) is 13.0 Å². The summed E-state index contributed by atoms with van der Waals surface area (Å²) in [7, 11) is 1.45. The zero-order chi connectivity index (χ0) is 14.5. The van der Waals surface area contributed by atoms with Gasteiger partial charge in [0.05, 0.1) is 12.7 Å². The predicted octanol–water partition coefficient (Wildman–Crippen LogP) is 3.07. The third-order valence-corrected chi connectivity index (χ3v) is 3.11. The topological polar surface area (TPSA) is 38.3 Å². The van der Waals surface area contributed by atoms with Crippen LogP contribution in [0, 0.1) is 12.7 Å². The van der Waals surface area contributed by atoms with E-state index in [1.54, 1.807) is 0 Å². The summed E-state index contributed by atoms with van der Waals surface area (Å²) in [6.45, 7) is 2.37. The van der Waals surface area contributed by atoms with Crippen LogP contribution in [0.5, 0.6) is 5.75 Å². The van der Waals surface area contributed by atoms with E-state index in [-0.39, 0.29) is 11.5 Å². The van der Waals surface area contributed by atoms with Crippen molar-refractivity contribution < 1.29 is 13.9 Å². The molecule has 0 spiro atoms. The van der Waals surface area contributed by atoms with E-state index in [1.165, 1.54) is 25.3 Å². The van der Waals surface area contributed by atoms with E-state index >= 15 is 0 Å². The highest BCUT2D eigenvalue weighted by Crippen LogP contribution is 2.19. The fraction of sp³-hybridized carbons (Fsp3) is 0.188. The second-order valence-electron chi connectivity index (χ2n) is 4.45. The van der Waals surface area contributed by atoms with Crippen LogP contribution < -0.4 is 10.1 Å². The van der Waals surface area contributed by atoms with Crippen molar-refractivity contribution >= 4 is 5.91 Å². The van der Waals surface area contributed by atoms with Gasteiger partial charge in [0.15, 0.2) is 0 Å². The van der Waals surface area contributed by atoms with Crippen molar-refractivity contribution in [1.82, 2.24) is 5.32 Å². The summed E-state index contributed by atoms with van der Waals surface area (Å²) in [5, 5.41) is 2.77. The first kappa shape index (κ1) is 14.1. The highest BCUT2D eigenvalue weighted by atomic mass is 19.1. The molecule has 1 amide bonds. The van der Waals surface area contributed by atoms with Crippen molar-refractivity contribution in [2.75, 3.05) is 7.11 Å². The number of halogens is 1. The Morgan fingerprint density at radius 3 is 2.70 bits per heavy atom. The lowest BCUT2D eigenvalue weighted by Gasteiger charge is -2.10. The fourth-order valence-electron chi connectivity index (χ4n) is 1.94. The van der Waals surface area contributed by atoms with Gasteiger partial charge in [-0.2, -0.15) is 0 Å². The molecule has 4 heteroatoms. The van der Waals surface area contributed by atoms with Gasteiger partial charge in [0.1, 0.15) is 11.6 Å². The number of carbonyl (C=O) groups excluding carboxylic acids is 1. The summed E-state index contributed by atoms with van der Waals surface area (Å²) in [4.78, 5) is 12.1. The smallest absolute Gasteiger partial charge is 0.255 e. The summed E-state index contributed by atoms with van der Waals surface area (Å²) < 4.78 is 18.3. The number of aryl methyl sites for hydroxylation is 1. The van der Waals surface area contributed by atoms with E-state index in [0.717, 1.165) is 11.1 Å². The van der Waals surface area contributed by atoms with Gasteiger partial charge in [-0.05, 0) is 36.2 Å². The van der Waals surface area contributed by atoms with Crippen LogP contribution in [0.1, 0.15) is 21.5 Å². The molecule has 0 unspecified atom stereocenters. The lowest BCUT2D eigenvalue weighted by Crippen LogP contribution is -2.23. The van der Waals surface area contributed by atoms with Crippen LogP contribution in [0.25, 0.3) is 0 Å². The van der Waals surface area contributed by atoms with Crippen LogP contribution in [0.4, 0.5) is 4.39 Å². The van der Waals surface area contributed by atoms with Crippen LogP contribution in [0.2, 0.25) is 0 Å². The van der Waals surface area contributed by atoms with Gasteiger partial charge in [0, 0.05) is 6.54 Å². The van der Waals surface area contributed by atoms with Gasteiger partial charge in [0.2, 0.25) is 0 Å². The summed E-state index contributed by atoms with van der Waals surface area (Å²) in [5.74, 6) is -0.467. The number of benzene rings is 2. The molecular weight excluding hydrogens is 257 g/mol. The quantitative estimate of drug-likeness (QED) is 0.929. The molecule has 0 bridgehead atoms. The average Bonchev–Trinajstić information content (AvgIpc) is 2.46. The second-order valence-corrected chi connectivity index (χ2v) is 4.45. The minimum Gasteiger partial charge on any atom is -0.496 e. The minimum atomic E-state index is -0.466. The molecule has 0 fully saturated rings. The van der Waals surface area contributed by atoms with Crippen LogP contribution >= 0.6 is 0 Å². The minimum absolute atomic E-state index is 0.195. The largest absolute Gasteiger partial charge is 0.496 e. The lowest BCUT2D eigenvalue weighted by molar-refractivity contribution is 0.0947. The zero-order valence-electron chi connectivity index (χ0n) is 11.4. The highest BCUT2D eigenvalue weighted by Gasteiger charge is 2.13. The molecule has 0 heterocycles. The normalized spacial score (nSPS) is 10.2. The number of ether oxygens (including phenoxy) is 1. The highest BCUT2D eigenvalue weighted by molar-refractivity contribution is 5.96. The second kappa shape index (κ2) is 6.19. The summed E-state index contributed by atoms with van der Waals surface area (Å²) in [6, 6.07) is 11.6. The Kier molecular flexibility index (Phi) is 4.35. The standard InChI is InChI=1S/C16H16FNO2/c1-11-5-3-4-6-12(11)10-18-16(19)14-9-13(17)7-8-15(14)20-2/h3-9H,10H2,1-2H3,(H,18,19). The molecule has 2 aromatic carbocycles. The number of hydrogen-bond acceptors (Lipinski definition) is 2. The van der Waals surface area contributed by atoms with Crippen LogP contribution in [-0.2, 0) is 6.54 Å². The van der Waals surface area contributed by atoms with E-state index in [9.17, 15) is 9.18 Å². The van der Waals surface area contributed by atoms with Crippen molar-refractivity contribution in [3.63, 3.8) is 0 Å². The number of rotatable bonds is 4. The Bertz CT molecular complexity index is 626. The Morgan fingerprint density at radius 2 is 2.00 bits per heavy atom. The lowest BCUT2D eigenvalue weighted by atomic mass is 10.1. The molecular formula is C16H16FNO2. The van der Waals surface area contributed by atoms with Crippen molar-refractivity contribution in [1.29, 1.82) is 0 Å². The molecule has 0 atom stereocenters. The van der Waals surface area contributed by atoms with Gasteiger partial charge in [-0.15, -0.1) is 0 Å². The first-order valence-corrected chi connectivity index (χ1v) is 6.28. The molecule has 0 aliphatic carbocycles. The first-order chi connectivity index (χ1) is 9.61. The number of nitrogens with one attached hydrogen (secondary N) is 1. The molecule has 104 valence electrons. The van der Waals surface area contributed by atoms with Gasteiger partial charge in [-0.25, -0.2) is 4.39 Å². The molecule has 3 nitrogen and oxygen atoms in total. The number of hydrogen-bond donors (Lipinski definition) is 1. The van der Waals surface area contributed by atoms with E-state index in [2.05, 4.69) is 5.32 Å². The van der Waals surface area contributed by atoms with E-state index < -0.39 is 5.82 Å². The molecule has 0 aliphatic heterocycles. The van der Waals surface area contributed by atoms with Gasteiger partial charge in [-0.1, -0.05) is 24.3 Å². The Morgan fingerprint density at radius 1 is 1.25 bits per heavy atom. The van der Waals surface area contributed by atoms with Gasteiger partial charge >= 0.3 is 0 Å². The van der Waals surface area contributed by atoms with Crippen molar-refractivity contribution in [2.45, 2.75) is 13.5 Å². The third-order valence-electron chi connectivity index (χ3n) is 3.11. The first-order valence-electron chi connectivity index (χ1n) is 6.28. The maximum absolute atomic E-state index is 13.2. The Balaban J connectivity index is 2.13. The van der Waals surface area contributed by atoms with Crippen LogP contribution in [0.15, 0.2) is 42.5 Å². The fourth-order valence-corrected chi connectivity index (χ4v) is 1.94. The SMILES string of the molecule is COc1ccc(F)cc1C(=O)NCc1ccccc1C. The molecule has 0 saturated carbocycles. The Labute approximate surface area is 117 Å². The van der Waals surface area contributed by atoms with Gasteiger partial charge in [0.25, 0.3) is 5.91 Å². The summed E-state index contributed by atoms with van der Waals surface area (Å²) in [5.41, 5.74) is 2.32. The molecule has 1 N–H and O–H groups in total. The molecule has 20 heavy (non-hydrogen) atoms. The molecule has 0 radical (unpaired) electrons. The molecule has 0 aliphatic rings. The monoisotopic (exact) mass is 273 g/mol. The number of amides is 1. The maximum atomic E-state index is 13.2. The zero-order valence-corrected chi connectivity index (χ0v) is 11.4. The van der Waals surface area contributed by atoms with Crippen molar-refractivity contribution in [2.24, 2.45) is 0 Å². The Hall–Kier alpha value is -2.36.